The summed E-state index contributed by atoms with van der Waals surface area (Å²) in [6, 6.07) is 13.2. The third kappa shape index (κ3) is 5.36. The number of sulfonamides is 1. The van der Waals surface area contributed by atoms with Crippen LogP contribution >= 0.6 is 11.3 Å². The van der Waals surface area contributed by atoms with Crippen molar-refractivity contribution in [3.63, 3.8) is 0 Å². The van der Waals surface area contributed by atoms with Crippen LogP contribution in [-0.4, -0.2) is 30.4 Å². The van der Waals surface area contributed by atoms with Gasteiger partial charge in [0, 0.05) is 18.2 Å². The average molecular weight is 431 g/mol. The maximum absolute atomic E-state index is 12.5. The van der Waals surface area contributed by atoms with Gasteiger partial charge in [0.15, 0.2) is 0 Å². The fourth-order valence-corrected chi connectivity index (χ4v) is 4.33. The molecule has 3 rings (SSSR count). The van der Waals surface area contributed by atoms with Crippen LogP contribution in [0.4, 0.5) is 16.5 Å². The van der Waals surface area contributed by atoms with Crippen LogP contribution in [0, 0.1) is 6.92 Å². The van der Waals surface area contributed by atoms with E-state index in [1.165, 1.54) is 19.1 Å². The minimum Gasteiger partial charge on any atom is -0.326 e. The SMILES string of the molecule is CC(=O)Nc1cccc(NS(=O)(=O)c2nnc(NC(=O)c3cccc(C)c3)s2)c1. The number of aromatic nitrogens is 2. The summed E-state index contributed by atoms with van der Waals surface area (Å²) in [7, 11) is -4.01. The summed E-state index contributed by atoms with van der Waals surface area (Å²) in [5.74, 6) is -0.687. The maximum Gasteiger partial charge on any atom is 0.291 e. The van der Waals surface area contributed by atoms with Crippen molar-refractivity contribution in [3.05, 3.63) is 59.7 Å². The molecule has 11 heteroatoms. The molecular weight excluding hydrogens is 414 g/mol. The predicted molar refractivity (Wildman–Crippen MR) is 111 cm³/mol. The topological polar surface area (TPSA) is 130 Å². The number of nitrogens with one attached hydrogen (secondary N) is 3. The highest BCUT2D eigenvalue weighted by atomic mass is 32.2. The number of hydrogen-bond acceptors (Lipinski definition) is 7. The van der Waals surface area contributed by atoms with Gasteiger partial charge < -0.3 is 5.32 Å². The molecule has 1 aromatic heterocycles. The van der Waals surface area contributed by atoms with Crippen LogP contribution in [-0.2, 0) is 14.8 Å². The molecule has 0 unspecified atom stereocenters. The van der Waals surface area contributed by atoms with Crippen molar-refractivity contribution in [2.24, 2.45) is 0 Å². The van der Waals surface area contributed by atoms with Crippen LogP contribution in [0.2, 0.25) is 0 Å². The number of benzene rings is 2. The monoisotopic (exact) mass is 431 g/mol. The summed E-state index contributed by atoms with van der Waals surface area (Å²) >= 11 is 0.727. The number of amides is 2. The Bertz CT molecular complexity index is 1170. The zero-order chi connectivity index (χ0) is 21.0. The first kappa shape index (κ1) is 20.4. The molecule has 2 amide bonds. The normalized spacial score (nSPS) is 11.0. The van der Waals surface area contributed by atoms with Gasteiger partial charge in [0.1, 0.15) is 0 Å². The molecule has 3 N–H and O–H groups in total. The second kappa shape index (κ2) is 8.37. The fourth-order valence-electron chi connectivity index (χ4n) is 2.39. The van der Waals surface area contributed by atoms with Gasteiger partial charge in [0.2, 0.25) is 11.0 Å². The predicted octanol–water partition coefficient (Wildman–Crippen LogP) is 2.86. The van der Waals surface area contributed by atoms with Crippen molar-refractivity contribution in [2.45, 2.75) is 18.2 Å². The maximum atomic E-state index is 12.5. The lowest BCUT2D eigenvalue weighted by Gasteiger charge is -2.07. The minimum atomic E-state index is -4.01. The lowest BCUT2D eigenvalue weighted by atomic mass is 10.1. The molecule has 0 bridgehead atoms. The number of aryl methyl sites for hydroxylation is 1. The Balaban J connectivity index is 1.73. The third-order valence-electron chi connectivity index (χ3n) is 3.57. The summed E-state index contributed by atoms with van der Waals surface area (Å²) in [6.45, 7) is 3.21. The molecule has 0 aliphatic rings. The Morgan fingerprint density at radius 2 is 1.69 bits per heavy atom. The van der Waals surface area contributed by atoms with Crippen molar-refractivity contribution < 1.29 is 18.0 Å². The molecule has 150 valence electrons. The number of carbonyl (C=O) groups is 2. The summed E-state index contributed by atoms with van der Waals surface area (Å²) in [4.78, 5) is 23.4. The van der Waals surface area contributed by atoms with Gasteiger partial charge in [0.05, 0.1) is 5.69 Å². The third-order valence-corrected chi connectivity index (χ3v) is 6.16. The minimum absolute atomic E-state index is 0.0591. The van der Waals surface area contributed by atoms with Crippen LogP contribution < -0.4 is 15.4 Å². The van der Waals surface area contributed by atoms with Crippen LogP contribution in [0.15, 0.2) is 52.9 Å². The van der Waals surface area contributed by atoms with Crippen LogP contribution in [0.25, 0.3) is 0 Å². The summed E-state index contributed by atoms with van der Waals surface area (Å²) < 4.78 is 27.2. The molecule has 0 radical (unpaired) electrons. The Morgan fingerprint density at radius 1 is 0.966 bits per heavy atom. The number of nitrogens with zero attached hydrogens (tertiary/aromatic N) is 2. The van der Waals surface area contributed by atoms with E-state index in [1.54, 1.807) is 30.3 Å². The highest BCUT2D eigenvalue weighted by molar-refractivity contribution is 7.94. The highest BCUT2D eigenvalue weighted by Crippen LogP contribution is 2.24. The number of carbonyl (C=O) groups excluding carboxylic acids is 2. The first-order chi connectivity index (χ1) is 13.7. The van der Waals surface area contributed by atoms with Gasteiger partial charge in [-0.15, -0.1) is 10.2 Å². The number of hydrogen-bond donors (Lipinski definition) is 3. The van der Waals surface area contributed by atoms with E-state index in [0.717, 1.165) is 16.9 Å². The molecule has 2 aromatic carbocycles. The van der Waals surface area contributed by atoms with Crippen LogP contribution in [0.1, 0.15) is 22.8 Å². The largest absolute Gasteiger partial charge is 0.326 e. The Hall–Kier alpha value is -3.31. The lowest BCUT2D eigenvalue weighted by Crippen LogP contribution is -2.13. The van der Waals surface area contributed by atoms with Gasteiger partial charge in [0.25, 0.3) is 20.3 Å². The Labute approximate surface area is 171 Å². The van der Waals surface area contributed by atoms with E-state index in [1.807, 2.05) is 13.0 Å². The van der Waals surface area contributed by atoms with Crippen LogP contribution in [0.3, 0.4) is 0 Å². The first-order valence-electron chi connectivity index (χ1n) is 8.35. The van der Waals surface area contributed by atoms with Gasteiger partial charge in [-0.1, -0.05) is 35.1 Å². The van der Waals surface area contributed by atoms with E-state index in [4.69, 9.17) is 0 Å². The molecule has 29 heavy (non-hydrogen) atoms. The smallest absolute Gasteiger partial charge is 0.291 e. The van der Waals surface area contributed by atoms with Gasteiger partial charge in [-0.2, -0.15) is 8.42 Å². The van der Waals surface area contributed by atoms with E-state index >= 15 is 0 Å². The van der Waals surface area contributed by atoms with Crippen molar-refractivity contribution in [1.82, 2.24) is 10.2 Å². The molecule has 0 aliphatic carbocycles. The zero-order valence-electron chi connectivity index (χ0n) is 15.5. The molecule has 1 heterocycles. The summed E-state index contributed by atoms with van der Waals surface area (Å²) in [5.41, 5.74) is 2.04. The molecule has 0 aliphatic heterocycles. The summed E-state index contributed by atoms with van der Waals surface area (Å²) in [5, 5.41) is 12.5. The van der Waals surface area contributed by atoms with E-state index in [-0.39, 0.29) is 21.1 Å². The van der Waals surface area contributed by atoms with E-state index < -0.39 is 15.9 Å². The summed E-state index contributed by atoms with van der Waals surface area (Å²) in [6.07, 6.45) is 0. The van der Waals surface area contributed by atoms with Crippen molar-refractivity contribution in [1.29, 1.82) is 0 Å². The quantitative estimate of drug-likeness (QED) is 0.515. The molecule has 3 aromatic rings. The molecule has 0 spiro atoms. The second-order valence-corrected chi connectivity index (χ2v) is 8.90. The molecule has 9 nitrogen and oxygen atoms in total. The van der Waals surface area contributed by atoms with Crippen molar-refractivity contribution >= 4 is 49.7 Å². The van der Waals surface area contributed by atoms with Gasteiger partial charge in [-0.25, -0.2) is 0 Å². The Kier molecular flexibility index (Phi) is 5.89. The standard InChI is InChI=1S/C18H17N5O4S2/c1-11-5-3-6-13(9-11)16(25)20-17-21-22-18(28-17)29(26,27)23-15-8-4-7-14(10-15)19-12(2)24/h3-10,23H,1-2H3,(H,19,24)(H,20,21,25). The molecule has 0 saturated heterocycles. The fraction of sp³-hybridized carbons (Fsp3) is 0.111. The van der Waals surface area contributed by atoms with Crippen molar-refractivity contribution in [3.8, 4) is 0 Å². The Morgan fingerprint density at radius 3 is 2.41 bits per heavy atom. The highest BCUT2D eigenvalue weighted by Gasteiger charge is 2.21. The van der Waals surface area contributed by atoms with Crippen LogP contribution in [0.5, 0.6) is 0 Å². The molecular formula is C18H17N5O4S2. The van der Waals surface area contributed by atoms with Crippen molar-refractivity contribution in [2.75, 3.05) is 15.4 Å². The zero-order valence-corrected chi connectivity index (χ0v) is 17.1. The molecule has 0 fully saturated rings. The van der Waals surface area contributed by atoms with E-state index in [0.29, 0.717) is 11.3 Å². The molecule has 0 saturated carbocycles. The van der Waals surface area contributed by atoms with Gasteiger partial charge >= 0.3 is 0 Å². The van der Waals surface area contributed by atoms with Gasteiger partial charge in [-0.05, 0) is 37.3 Å². The van der Waals surface area contributed by atoms with E-state index in [9.17, 15) is 18.0 Å². The first-order valence-corrected chi connectivity index (χ1v) is 10.6. The number of rotatable bonds is 6. The van der Waals surface area contributed by atoms with Gasteiger partial charge in [-0.3, -0.25) is 19.6 Å². The lowest BCUT2D eigenvalue weighted by molar-refractivity contribution is -0.114. The molecule has 0 atom stereocenters. The number of anilines is 3. The average Bonchev–Trinajstić information content (AvgIpc) is 3.10. The van der Waals surface area contributed by atoms with E-state index in [2.05, 4.69) is 25.6 Å². The second-order valence-electron chi connectivity index (χ2n) is 6.06.